The number of halogens is 2. The highest BCUT2D eigenvalue weighted by Gasteiger charge is 2.13. The van der Waals surface area contributed by atoms with E-state index in [1.807, 2.05) is 0 Å². The van der Waals surface area contributed by atoms with Crippen LogP contribution < -0.4 is 4.74 Å². The monoisotopic (exact) mass is 377 g/mol. The number of benzene rings is 1. The molecule has 0 saturated heterocycles. The highest BCUT2D eigenvalue weighted by Crippen LogP contribution is 2.31. The Hall–Kier alpha value is -0.920. The number of hydrogen-bond donors (Lipinski definition) is 1. The fraction of sp³-hybridized carbons (Fsp3) is 0. The summed E-state index contributed by atoms with van der Waals surface area (Å²) in [7, 11) is 0. The van der Waals surface area contributed by atoms with Crippen LogP contribution in [0.5, 0.6) is 10.9 Å². The third-order valence-corrected chi connectivity index (χ3v) is 3.74. The maximum absolute atomic E-state index is 11.0. The summed E-state index contributed by atoms with van der Waals surface area (Å²) in [6, 6.07) is 4.79. The van der Waals surface area contributed by atoms with E-state index >= 15 is 0 Å². The van der Waals surface area contributed by atoms with Gasteiger partial charge in [0.05, 0.1) is 0 Å². The summed E-state index contributed by atoms with van der Waals surface area (Å²) < 4.78 is 6.76. The highest BCUT2D eigenvalue weighted by molar-refractivity contribution is 9.10. The summed E-state index contributed by atoms with van der Waals surface area (Å²) in [5, 5.41) is 11.2. The molecular weight excluding hydrogens is 374 g/mol. The molecule has 0 bridgehead atoms. The van der Waals surface area contributed by atoms with Crippen molar-refractivity contribution in [3.63, 3.8) is 0 Å². The summed E-state index contributed by atoms with van der Waals surface area (Å²) in [6.45, 7) is 0. The number of thiazole rings is 1. The Morgan fingerprint density at radius 2 is 2.18 bits per heavy atom. The van der Waals surface area contributed by atoms with Gasteiger partial charge >= 0.3 is 5.97 Å². The van der Waals surface area contributed by atoms with E-state index in [4.69, 9.17) is 9.84 Å². The van der Waals surface area contributed by atoms with Gasteiger partial charge in [-0.05, 0) is 34.1 Å². The lowest BCUT2D eigenvalue weighted by molar-refractivity contribution is 0.0694. The van der Waals surface area contributed by atoms with Crippen molar-refractivity contribution in [2.75, 3.05) is 0 Å². The minimum atomic E-state index is -1.04. The molecule has 0 spiro atoms. The highest BCUT2D eigenvalue weighted by atomic mass is 79.9. The quantitative estimate of drug-likeness (QED) is 0.871. The Morgan fingerprint density at radius 1 is 1.41 bits per heavy atom. The van der Waals surface area contributed by atoms with Crippen LogP contribution in [0.4, 0.5) is 0 Å². The molecule has 0 amide bonds. The van der Waals surface area contributed by atoms with E-state index in [1.54, 1.807) is 17.5 Å². The third-order valence-electron chi connectivity index (χ3n) is 1.82. The molecule has 17 heavy (non-hydrogen) atoms. The van der Waals surface area contributed by atoms with Gasteiger partial charge in [-0.25, -0.2) is 4.79 Å². The smallest absolute Gasteiger partial charge is 0.339 e. The molecule has 4 nitrogen and oxygen atoms in total. The number of carboxylic acids is 1. The lowest BCUT2D eigenvalue weighted by Crippen LogP contribution is -1.99. The third kappa shape index (κ3) is 3.05. The standard InChI is InChI=1S/C10H5Br2NO3S/c11-5-1-2-7(6(3-5)9(14)15)16-10-13-8(12)4-17-10/h1-4H,(H,14,15). The van der Waals surface area contributed by atoms with Gasteiger partial charge in [0.2, 0.25) is 0 Å². The average molecular weight is 379 g/mol. The Kier molecular flexibility index (Phi) is 3.80. The molecule has 7 heteroatoms. The van der Waals surface area contributed by atoms with Crippen LogP contribution in [0.1, 0.15) is 10.4 Å². The fourth-order valence-electron chi connectivity index (χ4n) is 1.14. The second-order valence-corrected chi connectivity index (χ2v) is 5.53. The molecule has 0 aliphatic heterocycles. The largest absolute Gasteiger partial charge is 0.478 e. The lowest BCUT2D eigenvalue weighted by Gasteiger charge is -2.05. The molecule has 0 saturated carbocycles. The van der Waals surface area contributed by atoms with Crippen LogP contribution in [0, 0.1) is 0 Å². The molecule has 0 radical (unpaired) electrons. The van der Waals surface area contributed by atoms with Gasteiger partial charge in [-0.15, -0.1) is 0 Å². The van der Waals surface area contributed by atoms with Crippen molar-refractivity contribution in [3.8, 4) is 10.9 Å². The van der Waals surface area contributed by atoms with Gasteiger partial charge in [0.15, 0.2) is 0 Å². The molecule has 0 unspecified atom stereocenters. The van der Waals surface area contributed by atoms with Crippen LogP contribution in [-0.4, -0.2) is 16.1 Å². The van der Waals surface area contributed by atoms with Crippen molar-refractivity contribution < 1.29 is 14.6 Å². The van der Waals surface area contributed by atoms with E-state index in [2.05, 4.69) is 36.8 Å². The first-order valence-electron chi connectivity index (χ1n) is 4.38. The van der Waals surface area contributed by atoms with E-state index < -0.39 is 5.97 Å². The number of nitrogens with zero attached hydrogens (tertiary/aromatic N) is 1. The van der Waals surface area contributed by atoms with Crippen molar-refractivity contribution in [1.82, 2.24) is 4.98 Å². The topological polar surface area (TPSA) is 59.4 Å². The van der Waals surface area contributed by atoms with Crippen molar-refractivity contribution in [2.24, 2.45) is 0 Å². The van der Waals surface area contributed by atoms with Gasteiger partial charge in [-0.1, -0.05) is 27.3 Å². The normalized spacial score (nSPS) is 10.2. The molecule has 88 valence electrons. The van der Waals surface area contributed by atoms with Gasteiger partial charge in [-0.2, -0.15) is 4.98 Å². The molecule has 0 fully saturated rings. The lowest BCUT2D eigenvalue weighted by atomic mass is 10.2. The fourth-order valence-corrected chi connectivity index (χ4v) is 2.60. The molecule has 0 aliphatic carbocycles. The first-order chi connectivity index (χ1) is 8.06. The van der Waals surface area contributed by atoms with Gasteiger partial charge < -0.3 is 9.84 Å². The van der Waals surface area contributed by atoms with Crippen LogP contribution in [0.25, 0.3) is 0 Å². The zero-order valence-electron chi connectivity index (χ0n) is 8.18. The first kappa shape index (κ1) is 12.5. The van der Waals surface area contributed by atoms with Crippen LogP contribution >= 0.6 is 43.2 Å². The molecule has 2 rings (SSSR count). The number of rotatable bonds is 3. The molecule has 1 N–H and O–H groups in total. The second-order valence-electron chi connectivity index (χ2n) is 2.98. The van der Waals surface area contributed by atoms with Crippen LogP contribution in [0.3, 0.4) is 0 Å². The van der Waals surface area contributed by atoms with Crippen molar-refractivity contribution in [3.05, 3.63) is 38.2 Å². The predicted octanol–water partition coefficient (Wildman–Crippen LogP) is 4.16. The zero-order valence-corrected chi connectivity index (χ0v) is 12.2. The summed E-state index contributed by atoms with van der Waals surface area (Å²) >= 11 is 7.70. The van der Waals surface area contributed by atoms with Crippen LogP contribution in [-0.2, 0) is 0 Å². The van der Waals surface area contributed by atoms with Gasteiger partial charge in [-0.3, -0.25) is 0 Å². The summed E-state index contributed by atoms with van der Waals surface area (Å²) in [5.41, 5.74) is 0.0886. The molecule has 0 atom stereocenters. The SMILES string of the molecule is O=C(O)c1cc(Br)ccc1Oc1nc(Br)cs1. The molecule has 1 aromatic carbocycles. The molecule has 0 aliphatic rings. The van der Waals surface area contributed by atoms with Crippen LogP contribution in [0.2, 0.25) is 0 Å². The molecule has 2 aromatic rings. The Labute approximate surface area is 118 Å². The zero-order chi connectivity index (χ0) is 12.4. The van der Waals surface area contributed by atoms with E-state index in [0.29, 0.717) is 14.3 Å². The minimum absolute atomic E-state index is 0.0886. The van der Waals surface area contributed by atoms with Crippen molar-refractivity contribution >= 4 is 49.2 Å². The number of carboxylic acid groups (broad SMARTS) is 1. The number of aromatic nitrogens is 1. The van der Waals surface area contributed by atoms with Gasteiger partial charge in [0.25, 0.3) is 5.19 Å². The van der Waals surface area contributed by atoms with E-state index in [0.717, 1.165) is 0 Å². The number of aromatic carboxylic acids is 1. The van der Waals surface area contributed by atoms with Crippen molar-refractivity contribution in [1.29, 1.82) is 0 Å². The van der Waals surface area contributed by atoms with E-state index in [9.17, 15) is 4.79 Å². The van der Waals surface area contributed by atoms with E-state index in [1.165, 1.54) is 17.4 Å². The molecule has 1 aromatic heterocycles. The average Bonchev–Trinajstić information content (AvgIpc) is 2.66. The first-order valence-corrected chi connectivity index (χ1v) is 6.84. The molecular formula is C10H5Br2NO3S. The number of hydrogen-bond acceptors (Lipinski definition) is 4. The maximum Gasteiger partial charge on any atom is 0.339 e. The molecule has 1 heterocycles. The minimum Gasteiger partial charge on any atom is -0.478 e. The van der Waals surface area contributed by atoms with Crippen molar-refractivity contribution in [2.45, 2.75) is 0 Å². The summed E-state index contributed by atoms with van der Waals surface area (Å²) in [5.74, 6) is -0.778. The maximum atomic E-state index is 11.0. The van der Waals surface area contributed by atoms with Gasteiger partial charge in [0, 0.05) is 9.85 Å². The Balaban J connectivity index is 2.35. The van der Waals surface area contributed by atoms with Crippen LogP contribution in [0.15, 0.2) is 32.7 Å². The summed E-state index contributed by atoms with van der Waals surface area (Å²) in [6.07, 6.45) is 0. The van der Waals surface area contributed by atoms with Gasteiger partial charge in [0.1, 0.15) is 15.9 Å². The van der Waals surface area contributed by atoms with E-state index in [-0.39, 0.29) is 11.3 Å². The Bertz CT molecular complexity index is 570. The number of carbonyl (C=O) groups is 1. The predicted molar refractivity (Wildman–Crippen MR) is 71.0 cm³/mol. The summed E-state index contributed by atoms with van der Waals surface area (Å²) in [4.78, 5) is 15.1. The number of ether oxygens (including phenoxy) is 1. The Morgan fingerprint density at radius 3 is 2.76 bits per heavy atom. The second kappa shape index (κ2) is 5.16.